The van der Waals surface area contributed by atoms with Gasteiger partial charge in [-0.2, -0.15) is 0 Å². The molecule has 1 N–H and O–H groups in total. The number of fused-ring (bicyclic) bond motifs is 3. The molecule has 1 aliphatic heterocycles. The first kappa shape index (κ1) is 17.3. The number of benzene rings is 2. The zero-order valence-corrected chi connectivity index (χ0v) is 15.8. The zero-order valence-electron chi connectivity index (χ0n) is 15.8. The van der Waals surface area contributed by atoms with Crippen molar-refractivity contribution in [3.63, 3.8) is 0 Å². The summed E-state index contributed by atoms with van der Waals surface area (Å²) in [6.45, 7) is 10.6. The summed E-state index contributed by atoms with van der Waals surface area (Å²) in [5, 5.41) is 5.81. The van der Waals surface area contributed by atoms with E-state index in [4.69, 9.17) is 4.42 Å². The highest BCUT2D eigenvalue weighted by atomic mass is 16.3. The predicted molar refractivity (Wildman–Crippen MR) is 108 cm³/mol. The number of hydrogen-bond donors (Lipinski definition) is 1. The molecule has 1 aliphatic rings. The van der Waals surface area contributed by atoms with Crippen molar-refractivity contribution in [2.24, 2.45) is 0 Å². The summed E-state index contributed by atoms with van der Waals surface area (Å²) in [5.41, 5.74) is 5.77. The van der Waals surface area contributed by atoms with Gasteiger partial charge in [0, 0.05) is 16.3 Å². The number of allylic oxidation sites excluding steroid dienone is 2. The number of aryl methyl sites for hydroxylation is 1. The Morgan fingerprint density at radius 3 is 2.44 bits per heavy atom. The van der Waals surface area contributed by atoms with Crippen LogP contribution in [-0.2, 0) is 0 Å². The van der Waals surface area contributed by atoms with Gasteiger partial charge in [0.05, 0.1) is 6.04 Å². The Balaban J connectivity index is 0.000000880. The van der Waals surface area contributed by atoms with E-state index in [1.807, 2.05) is 26.1 Å². The van der Waals surface area contributed by atoms with Gasteiger partial charge >= 0.3 is 0 Å². The van der Waals surface area contributed by atoms with Crippen molar-refractivity contribution in [2.45, 2.75) is 46.6 Å². The van der Waals surface area contributed by atoms with Crippen molar-refractivity contribution >= 4 is 21.9 Å². The molecule has 2 aromatic carbocycles. The quantitative estimate of drug-likeness (QED) is 0.560. The van der Waals surface area contributed by atoms with Crippen LogP contribution < -0.4 is 5.32 Å². The minimum atomic E-state index is 0.161. The smallest absolute Gasteiger partial charge is 0.141 e. The zero-order chi connectivity index (χ0) is 18.0. The number of nitrogens with one attached hydrogen (secondary N) is 1. The molecule has 2 heteroatoms. The lowest BCUT2D eigenvalue weighted by Gasteiger charge is -2.18. The van der Waals surface area contributed by atoms with Gasteiger partial charge in [-0.25, -0.2) is 0 Å². The van der Waals surface area contributed by atoms with Crippen molar-refractivity contribution in [1.82, 2.24) is 5.32 Å². The van der Waals surface area contributed by atoms with Crippen molar-refractivity contribution in [3.8, 4) is 0 Å². The Morgan fingerprint density at radius 1 is 1.00 bits per heavy atom. The maximum Gasteiger partial charge on any atom is 0.141 e. The molecule has 1 aromatic heterocycles. The predicted octanol–water partition coefficient (Wildman–Crippen LogP) is 6.76. The standard InChI is InChI=1S/C21H21NO.C2H6/c1-13(2)15-8-10-16-17-9-7-14(3)20(18-6-4-5-11-22-18)21(17)23-19(16)12-15;1-2/h4-13,18,22H,1-3H3;1-2H3. The van der Waals surface area contributed by atoms with Crippen LogP contribution in [0, 0.1) is 6.92 Å². The summed E-state index contributed by atoms with van der Waals surface area (Å²) in [5.74, 6) is 0.502. The van der Waals surface area contributed by atoms with Crippen LogP contribution in [0.4, 0.5) is 0 Å². The van der Waals surface area contributed by atoms with Crippen LogP contribution in [0.3, 0.4) is 0 Å². The highest BCUT2D eigenvalue weighted by molar-refractivity contribution is 6.06. The average molecular weight is 333 g/mol. The van der Waals surface area contributed by atoms with Crippen LogP contribution in [0.5, 0.6) is 0 Å². The molecular weight excluding hydrogens is 306 g/mol. The molecule has 3 aromatic rings. The van der Waals surface area contributed by atoms with Crippen LogP contribution >= 0.6 is 0 Å². The van der Waals surface area contributed by atoms with Crippen LogP contribution in [-0.4, -0.2) is 0 Å². The molecule has 0 saturated heterocycles. The summed E-state index contributed by atoms with van der Waals surface area (Å²) in [7, 11) is 0. The van der Waals surface area contributed by atoms with Gasteiger partial charge in [-0.1, -0.05) is 64.1 Å². The summed E-state index contributed by atoms with van der Waals surface area (Å²) in [4.78, 5) is 0. The fourth-order valence-corrected chi connectivity index (χ4v) is 3.35. The summed E-state index contributed by atoms with van der Waals surface area (Å²) in [6.07, 6.45) is 8.26. The number of rotatable bonds is 2. The van der Waals surface area contributed by atoms with Crippen molar-refractivity contribution in [2.75, 3.05) is 0 Å². The maximum atomic E-state index is 6.31. The lowest BCUT2D eigenvalue weighted by Crippen LogP contribution is -2.16. The van der Waals surface area contributed by atoms with Crippen LogP contribution in [0.1, 0.15) is 56.3 Å². The van der Waals surface area contributed by atoms with Gasteiger partial charge in [-0.15, -0.1) is 0 Å². The van der Waals surface area contributed by atoms with Crippen molar-refractivity contribution in [1.29, 1.82) is 0 Å². The van der Waals surface area contributed by atoms with Crippen molar-refractivity contribution < 1.29 is 4.42 Å². The van der Waals surface area contributed by atoms with Crippen molar-refractivity contribution in [3.05, 3.63) is 71.5 Å². The lowest BCUT2D eigenvalue weighted by molar-refractivity contribution is 0.646. The summed E-state index contributed by atoms with van der Waals surface area (Å²) >= 11 is 0. The molecule has 2 heterocycles. The van der Waals surface area contributed by atoms with E-state index >= 15 is 0 Å². The van der Waals surface area contributed by atoms with E-state index in [0.717, 1.165) is 11.2 Å². The highest BCUT2D eigenvalue weighted by Gasteiger charge is 2.19. The number of furan rings is 1. The van der Waals surface area contributed by atoms with Crippen LogP contribution in [0.2, 0.25) is 0 Å². The maximum absolute atomic E-state index is 6.31. The molecule has 0 spiro atoms. The second-order valence-electron chi connectivity index (χ2n) is 6.57. The van der Waals surface area contributed by atoms with Gasteiger partial charge in [-0.05, 0) is 42.3 Å². The van der Waals surface area contributed by atoms with Gasteiger partial charge in [0.1, 0.15) is 11.2 Å². The number of hydrogen-bond acceptors (Lipinski definition) is 2. The summed E-state index contributed by atoms with van der Waals surface area (Å²) < 4.78 is 6.31. The van der Waals surface area contributed by atoms with E-state index < -0.39 is 0 Å². The third kappa shape index (κ3) is 3.09. The molecule has 0 bridgehead atoms. The SMILES string of the molecule is CC.Cc1ccc2c(oc3cc(C(C)C)ccc32)c1C1C=CC=CN1. The fraction of sp³-hybridized carbons (Fsp3) is 0.304. The highest BCUT2D eigenvalue weighted by Crippen LogP contribution is 2.37. The Bertz CT molecular complexity index is 944. The molecule has 2 nitrogen and oxygen atoms in total. The third-order valence-corrected chi connectivity index (χ3v) is 4.69. The first-order chi connectivity index (χ1) is 12.1. The van der Waals surface area contributed by atoms with Crippen LogP contribution in [0.25, 0.3) is 21.9 Å². The van der Waals surface area contributed by atoms with Gasteiger partial charge in [0.2, 0.25) is 0 Å². The molecule has 4 rings (SSSR count). The van der Waals surface area contributed by atoms with Gasteiger partial charge in [-0.3, -0.25) is 0 Å². The Labute approximate surface area is 150 Å². The second-order valence-corrected chi connectivity index (χ2v) is 6.57. The normalized spacial score (nSPS) is 16.2. The molecule has 0 amide bonds. The van der Waals surface area contributed by atoms with Crippen LogP contribution in [0.15, 0.2) is 59.2 Å². The molecule has 1 atom stereocenters. The molecule has 1 unspecified atom stereocenters. The molecule has 0 radical (unpaired) electrons. The van der Waals surface area contributed by atoms with E-state index in [-0.39, 0.29) is 6.04 Å². The van der Waals surface area contributed by atoms with Gasteiger partial charge in [0.25, 0.3) is 0 Å². The molecule has 25 heavy (non-hydrogen) atoms. The number of dihydropyridines is 1. The van der Waals surface area contributed by atoms with Gasteiger partial charge in [0.15, 0.2) is 0 Å². The van der Waals surface area contributed by atoms with E-state index in [9.17, 15) is 0 Å². The van der Waals surface area contributed by atoms with E-state index in [1.54, 1.807) is 0 Å². The first-order valence-corrected chi connectivity index (χ1v) is 9.20. The largest absolute Gasteiger partial charge is 0.456 e. The van der Waals surface area contributed by atoms with Gasteiger partial charge < -0.3 is 9.73 Å². The van der Waals surface area contributed by atoms with E-state index in [0.29, 0.717) is 5.92 Å². The van der Waals surface area contributed by atoms with E-state index in [2.05, 4.69) is 68.6 Å². The molecule has 0 saturated carbocycles. The molecule has 0 aliphatic carbocycles. The summed E-state index contributed by atoms with van der Waals surface area (Å²) in [6, 6.07) is 11.1. The Hall–Kier alpha value is -2.48. The fourth-order valence-electron chi connectivity index (χ4n) is 3.35. The minimum absolute atomic E-state index is 0.161. The molecule has 130 valence electrons. The lowest BCUT2D eigenvalue weighted by atomic mass is 9.96. The Kier molecular flexibility index (Phi) is 4.98. The monoisotopic (exact) mass is 333 g/mol. The molecule has 0 fully saturated rings. The molecular formula is C23H27NO. The first-order valence-electron chi connectivity index (χ1n) is 9.20. The Morgan fingerprint density at radius 2 is 1.76 bits per heavy atom. The second kappa shape index (κ2) is 7.18. The van der Waals surface area contributed by atoms with E-state index in [1.165, 1.54) is 27.5 Å². The minimum Gasteiger partial charge on any atom is -0.456 e. The average Bonchev–Trinajstić information content (AvgIpc) is 3.01. The topological polar surface area (TPSA) is 25.2 Å². The third-order valence-electron chi connectivity index (χ3n) is 4.69.